The molecule has 6 N–H and O–H groups in total. The van der Waals surface area contributed by atoms with E-state index >= 15 is 0 Å². The summed E-state index contributed by atoms with van der Waals surface area (Å²) in [6.45, 7) is 0.818. The molecule has 0 amide bonds. The summed E-state index contributed by atoms with van der Waals surface area (Å²) in [6, 6.07) is 8.45. The Hall–Kier alpha value is -1.81. The molecule has 0 aliphatic carbocycles. The van der Waals surface area contributed by atoms with Crippen LogP contribution in [0.4, 0.5) is 0 Å². The van der Waals surface area contributed by atoms with Crippen LogP contribution in [0.15, 0.2) is 46.1 Å². The lowest BCUT2D eigenvalue weighted by Gasteiger charge is -2.19. The second-order valence-corrected chi connectivity index (χ2v) is 12.6. The Morgan fingerprint density at radius 3 is 2.29 bits per heavy atom. The van der Waals surface area contributed by atoms with Gasteiger partial charge in [0.15, 0.2) is 6.23 Å². The van der Waals surface area contributed by atoms with Crippen LogP contribution in [0.5, 0.6) is 0 Å². The molecular formula is C18H25N2O15P3. The van der Waals surface area contributed by atoms with Gasteiger partial charge in [-0.05, 0) is 18.9 Å². The molecule has 1 aliphatic heterocycles. The zero-order valence-corrected chi connectivity index (χ0v) is 22.2. The van der Waals surface area contributed by atoms with Gasteiger partial charge in [-0.3, -0.25) is 18.5 Å². The topological polar surface area (TPSA) is 254 Å². The molecule has 1 saturated heterocycles. The molecular weight excluding hydrogens is 577 g/mol. The second kappa shape index (κ2) is 11.7. The van der Waals surface area contributed by atoms with Crippen molar-refractivity contribution >= 4 is 23.5 Å². The summed E-state index contributed by atoms with van der Waals surface area (Å²) in [7, 11) is -16.9. The number of nitrogens with zero attached hydrogens (tertiary/aromatic N) is 2. The molecule has 1 aliphatic rings. The number of hydrogen-bond acceptors (Lipinski definition) is 11. The largest absolute Gasteiger partial charge is 0.490 e. The zero-order valence-electron chi connectivity index (χ0n) is 19.5. The molecule has 0 bridgehead atoms. The SMILES string of the molecule is Cc1cccc(CCn2c(=O)ccn([C@@H]3O[C@H](COP(=O)(O)OP(=O)(O)OP(=O)(O)O)[C@H](O)[C@@H]3O)c2=O)c1. The van der Waals surface area contributed by atoms with Gasteiger partial charge >= 0.3 is 29.2 Å². The van der Waals surface area contributed by atoms with Gasteiger partial charge in [0.05, 0.1) is 6.61 Å². The molecule has 212 valence electrons. The fraction of sp³-hybridized carbons (Fsp3) is 0.444. The van der Waals surface area contributed by atoms with E-state index in [1.807, 2.05) is 31.2 Å². The quantitative estimate of drug-likeness (QED) is 0.178. The predicted molar refractivity (Wildman–Crippen MR) is 126 cm³/mol. The zero-order chi connectivity index (χ0) is 28.5. The van der Waals surface area contributed by atoms with E-state index in [9.17, 15) is 43.3 Å². The van der Waals surface area contributed by atoms with Crippen molar-refractivity contribution in [1.29, 1.82) is 0 Å². The van der Waals surface area contributed by atoms with Gasteiger partial charge in [-0.1, -0.05) is 29.8 Å². The average Bonchev–Trinajstić information content (AvgIpc) is 3.04. The van der Waals surface area contributed by atoms with Crippen molar-refractivity contribution in [1.82, 2.24) is 9.13 Å². The monoisotopic (exact) mass is 602 g/mol. The minimum absolute atomic E-state index is 0.0111. The summed E-state index contributed by atoms with van der Waals surface area (Å²) >= 11 is 0. The highest BCUT2D eigenvalue weighted by atomic mass is 31.3. The number of aromatic nitrogens is 2. The van der Waals surface area contributed by atoms with E-state index in [2.05, 4.69) is 13.1 Å². The summed E-state index contributed by atoms with van der Waals surface area (Å²) < 4.78 is 52.7. The number of aryl methyl sites for hydroxylation is 2. The van der Waals surface area contributed by atoms with Crippen LogP contribution in [0, 0.1) is 6.92 Å². The number of phosphoric ester groups is 1. The third-order valence-electron chi connectivity index (χ3n) is 5.23. The van der Waals surface area contributed by atoms with Gasteiger partial charge < -0.3 is 34.5 Å². The summed E-state index contributed by atoms with van der Waals surface area (Å²) in [4.78, 5) is 61.2. The van der Waals surface area contributed by atoms with Crippen molar-refractivity contribution < 1.29 is 61.4 Å². The van der Waals surface area contributed by atoms with Gasteiger partial charge in [0.2, 0.25) is 0 Å². The number of ether oxygens (including phenoxy) is 1. The van der Waals surface area contributed by atoms with Crippen LogP contribution in [0.2, 0.25) is 0 Å². The Bertz CT molecular complexity index is 1420. The fourth-order valence-corrected chi connectivity index (χ4v) is 6.64. The Kier molecular flexibility index (Phi) is 9.49. The Morgan fingerprint density at radius 1 is 0.974 bits per heavy atom. The van der Waals surface area contributed by atoms with E-state index in [0.717, 1.165) is 32.5 Å². The van der Waals surface area contributed by atoms with E-state index in [1.54, 1.807) is 0 Å². The molecule has 1 fully saturated rings. The third-order valence-corrected chi connectivity index (χ3v) is 9.03. The molecule has 6 atom stereocenters. The number of aliphatic hydroxyl groups is 2. The maximum atomic E-state index is 13.0. The summed E-state index contributed by atoms with van der Waals surface area (Å²) in [5.41, 5.74) is 0.343. The molecule has 2 heterocycles. The molecule has 2 aromatic rings. The lowest BCUT2D eigenvalue weighted by Crippen LogP contribution is -2.43. The van der Waals surface area contributed by atoms with Gasteiger partial charge in [0.25, 0.3) is 5.56 Å². The normalized spacial score (nSPS) is 25.1. The first-order valence-corrected chi connectivity index (χ1v) is 15.2. The lowest BCUT2D eigenvalue weighted by molar-refractivity contribution is -0.0548. The summed E-state index contributed by atoms with van der Waals surface area (Å²) in [6.07, 6.45) is -5.41. The van der Waals surface area contributed by atoms with Crippen LogP contribution in [0.1, 0.15) is 17.4 Å². The highest BCUT2D eigenvalue weighted by Gasteiger charge is 2.46. The Labute approximate surface area is 213 Å². The van der Waals surface area contributed by atoms with E-state index < -0.39 is 65.9 Å². The number of rotatable bonds is 11. The lowest BCUT2D eigenvalue weighted by atomic mass is 10.1. The van der Waals surface area contributed by atoms with Crippen molar-refractivity contribution in [2.24, 2.45) is 0 Å². The van der Waals surface area contributed by atoms with Crippen molar-refractivity contribution in [3.05, 3.63) is 68.5 Å². The molecule has 38 heavy (non-hydrogen) atoms. The first-order chi connectivity index (χ1) is 17.5. The highest BCUT2D eigenvalue weighted by Crippen LogP contribution is 2.66. The van der Waals surface area contributed by atoms with Crippen LogP contribution >= 0.6 is 23.5 Å². The van der Waals surface area contributed by atoms with Gasteiger partial charge in [-0.15, -0.1) is 0 Å². The minimum Gasteiger partial charge on any atom is -0.387 e. The van der Waals surface area contributed by atoms with Crippen LogP contribution in [0.25, 0.3) is 0 Å². The smallest absolute Gasteiger partial charge is 0.387 e. The molecule has 1 aromatic heterocycles. The van der Waals surface area contributed by atoms with Crippen LogP contribution in [0.3, 0.4) is 0 Å². The number of benzene rings is 1. The number of aliphatic hydroxyl groups excluding tert-OH is 2. The Balaban J connectivity index is 1.72. The fourth-order valence-electron chi connectivity index (χ4n) is 3.61. The van der Waals surface area contributed by atoms with Gasteiger partial charge in [-0.25, -0.2) is 18.5 Å². The van der Waals surface area contributed by atoms with E-state index in [1.165, 1.54) is 0 Å². The molecule has 0 spiro atoms. The molecule has 0 saturated carbocycles. The maximum Gasteiger partial charge on any atom is 0.490 e. The van der Waals surface area contributed by atoms with Gasteiger partial charge in [0, 0.05) is 18.8 Å². The molecule has 2 unspecified atom stereocenters. The van der Waals surface area contributed by atoms with Gasteiger partial charge in [0.1, 0.15) is 18.3 Å². The van der Waals surface area contributed by atoms with Crippen molar-refractivity contribution in [2.75, 3.05) is 6.61 Å². The first kappa shape index (κ1) is 30.7. The van der Waals surface area contributed by atoms with Crippen LogP contribution < -0.4 is 11.2 Å². The minimum atomic E-state index is -5.76. The number of hydrogen-bond donors (Lipinski definition) is 6. The Morgan fingerprint density at radius 2 is 1.66 bits per heavy atom. The molecule has 3 rings (SSSR count). The van der Waals surface area contributed by atoms with Crippen molar-refractivity contribution in [2.45, 2.75) is 44.4 Å². The molecule has 20 heteroatoms. The second-order valence-electron chi connectivity index (χ2n) is 8.17. The predicted octanol–water partition coefficient (Wildman–Crippen LogP) is -0.476. The average molecular weight is 602 g/mol. The molecule has 0 radical (unpaired) electrons. The van der Waals surface area contributed by atoms with E-state index in [-0.39, 0.29) is 6.54 Å². The van der Waals surface area contributed by atoms with E-state index in [4.69, 9.17) is 14.5 Å². The standard InChI is InChI=1S/C18H25N2O15P3/c1-11-3-2-4-12(9-11)5-7-19-14(21)6-8-20(18(19)24)17-16(23)15(22)13(33-17)10-32-37(28,29)35-38(30,31)34-36(25,26)27/h2-4,6,8-9,13,15-17,22-23H,5,7,10H2,1H3,(H,28,29)(H,30,31)(H2,25,26,27)/t13-,15+,16+,17-/m1/s1. The third kappa shape index (κ3) is 8.10. The van der Waals surface area contributed by atoms with Gasteiger partial charge in [-0.2, -0.15) is 8.62 Å². The molecule has 17 nitrogen and oxygen atoms in total. The molecule has 1 aromatic carbocycles. The highest BCUT2D eigenvalue weighted by molar-refractivity contribution is 7.66. The summed E-state index contributed by atoms with van der Waals surface area (Å²) in [5.74, 6) is 0. The van der Waals surface area contributed by atoms with Crippen molar-refractivity contribution in [3.63, 3.8) is 0 Å². The van der Waals surface area contributed by atoms with Crippen LogP contribution in [-0.2, 0) is 44.5 Å². The van der Waals surface area contributed by atoms with E-state index in [0.29, 0.717) is 6.42 Å². The maximum absolute atomic E-state index is 13.0. The summed E-state index contributed by atoms with van der Waals surface area (Å²) in [5, 5.41) is 20.7. The number of phosphoric acid groups is 3. The first-order valence-electron chi connectivity index (χ1n) is 10.7. The van der Waals surface area contributed by atoms with Crippen LogP contribution in [-0.4, -0.2) is 63.8 Å². The van der Waals surface area contributed by atoms with Crippen molar-refractivity contribution in [3.8, 4) is 0 Å².